The molecule has 0 spiro atoms. The van der Waals surface area contributed by atoms with Gasteiger partial charge in [-0.2, -0.15) is 0 Å². The number of nitrogens with one attached hydrogen (secondary N) is 2. The molecule has 27 heavy (non-hydrogen) atoms. The van der Waals surface area contributed by atoms with Crippen molar-refractivity contribution < 1.29 is 14.3 Å². The molecule has 0 saturated carbocycles. The standard InChI is InChI=1S/C20H30N4O3/c1-27-18-5-3-16(4-6-18)14-24-15-17(13-19(24)25)20(26)22-7-2-10-23-11-8-21-9-12-23/h3-6,17,21H,2,7-15H2,1H3,(H,22,26). The first-order valence-electron chi connectivity index (χ1n) is 9.77. The van der Waals surface area contributed by atoms with E-state index in [0.29, 0.717) is 26.1 Å². The van der Waals surface area contributed by atoms with Crippen LogP contribution < -0.4 is 15.4 Å². The quantitative estimate of drug-likeness (QED) is 0.647. The van der Waals surface area contributed by atoms with Gasteiger partial charge < -0.3 is 25.2 Å². The van der Waals surface area contributed by atoms with E-state index in [9.17, 15) is 9.59 Å². The van der Waals surface area contributed by atoms with Crippen LogP contribution in [0, 0.1) is 5.92 Å². The maximum absolute atomic E-state index is 12.4. The van der Waals surface area contributed by atoms with Crippen molar-refractivity contribution in [2.45, 2.75) is 19.4 Å². The summed E-state index contributed by atoms with van der Waals surface area (Å²) in [5, 5.41) is 6.35. The monoisotopic (exact) mass is 374 g/mol. The molecular weight excluding hydrogens is 344 g/mol. The Kier molecular flexibility index (Phi) is 7.06. The van der Waals surface area contributed by atoms with Crippen molar-refractivity contribution in [3.05, 3.63) is 29.8 Å². The molecule has 2 N–H and O–H groups in total. The molecule has 1 atom stereocenters. The topological polar surface area (TPSA) is 73.9 Å². The van der Waals surface area contributed by atoms with Gasteiger partial charge in [-0.3, -0.25) is 9.59 Å². The predicted molar refractivity (Wildman–Crippen MR) is 103 cm³/mol. The fraction of sp³-hybridized carbons (Fsp3) is 0.600. The number of amides is 2. The smallest absolute Gasteiger partial charge is 0.225 e. The third-order valence-corrected chi connectivity index (χ3v) is 5.28. The van der Waals surface area contributed by atoms with Crippen LogP contribution in [0.2, 0.25) is 0 Å². The summed E-state index contributed by atoms with van der Waals surface area (Å²) in [6.07, 6.45) is 1.25. The molecule has 2 aliphatic heterocycles. The average Bonchev–Trinajstić information content (AvgIpc) is 3.07. The number of methoxy groups -OCH3 is 1. The Morgan fingerprint density at radius 3 is 2.70 bits per heavy atom. The summed E-state index contributed by atoms with van der Waals surface area (Å²) in [6, 6.07) is 7.68. The van der Waals surface area contributed by atoms with Crippen molar-refractivity contribution in [1.82, 2.24) is 20.4 Å². The highest BCUT2D eigenvalue weighted by Gasteiger charge is 2.34. The minimum atomic E-state index is -0.241. The number of carbonyl (C=O) groups excluding carboxylic acids is 2. The Morgan fingerprint density at radius 1 is 1.26 bits per heavy atom. The summed E-state index contributed by atoms with van der Waals surface area (Å²) < 4.78 is 5.15. The van der Waals surface area contributed by atoms with Gasteiger partial charge in [-0.25, -0.2) is 0 Å². The number of ether oxygens (including phenoxy) is 1. The van der Waals surface area contributed by atoms with Gasteiger partial charge in [0.2, 0.25) is 11.8 Å². The fourth-order valence-corrected chi connectivity index (χ4v) is 3.65. The number of carbonyl (C=O) groups is 2. The molecule has 0 radical (unpaired) electrons. The van der Waals surface area contributed by atoms with Crippen LogP contribution in [0.5, 0.6) is 5.75 Å². The van der Waals surface area contributed by atoms with Crippen molar-refractivity contribution in [3.63, 3.8) is 0 Å². The summed E-state index contributed by atoms with van der Waals surface area (Å²) in [5.41, 5.74) is 1.04. The predicted octanol–water partition coefficient (Wildman–Crippen LogP) is 0.455. The Balaban J connectivity index is 1.38. The largest absolute Gasteiger partial charge is 0.497 e. The minimum Gasteiger partial charge on any atom is -0.497 e. The molecule has 3 rings (SSSR count). The van der Waals surface area contributed by atoms with E-state index in [1.165, 1.54) is 0 Å². The number of nitrogens with zero attached hydrogens (tertiary/aromatic N) is 2. The molecule has 2 heterocycles. The van der Waals surface area contributed by atoms with Gasteiger partial charge in [0.15, 0.2) is 0 Å². The highest BCUT2D eigenvalue weighted by Crippen LogP contribution is 2.21. The van der Waals surface area contributed by atoms with Gasteiger partial charge in [-0.05, 0) is 30.7 Å². The normalized spacial score (nSPS) is 20.7. The van der Waals surface area contributed by atoms with E-state index < -0.39 is 0 Å². The third kappa shape index (κ3) is 5.68. The molecule has 1 aromatic rings. The van der Waals surface area contributed by atoms with Gasteiger partial charge >= 0.3 is 0 Å². The average molecular weight is 374 g/mol. The van der Waals surface area contributed by atoms with Crippen LogP contribution in [-0.2, 0) is 16.1 Å². The summed E-state index contributed by atoms with van der Waals surface area (Å²) in [4.78, 5) is 28.8. The van der Waals surface area contributed by atoms with Crippen LogP contribution in [0.15, 0.2) is 24.3 Å². The first kappa shape index (κ1) is 19.6. The van der Waals surface area contributed by atoms with Gasteiger partial charge in [0, 0.05) is 52.2 Å². The van der Waals surface area contributed by atoms with Crippen LogP contribution >= 0.6 is 0 Å². The van der Waals surface area contributed by atoms with E-state index in [4.69, 9.17) is 4.74 Å². The Morgan fingerprint density at radius 2 is 2.00 bits per heavy atom. The van der Waals surface area contributed by atoms with E-state index in [1.807, 2.05) is 24.3 Å². The first-order valence-corrected chi connectivity index (χ1v) is 9.77. The molecule has 0 aromatic heterocycles. The van der Waals surface area contributed by atoms with Crippen molar-refractivity contribution in [2.75, 3.05) is 52.9 Å². The van der Waals surface area contributed by atoms with E-state index in [2.05, 4.69) is 15.5 Å². The van der Waals surface area contributed by atoms with E-state index in [1.54, 1.807) is 12.0 Å². The van der Waals surface area contributed by atoms with Crippen molar-refractivity contribution in [2.24, 2.45) is 5.92 Å². The van der Waals surface area contributed by atoms with Gasteiger partial charge in [-0.15, -0.1) is 0 Å². The molecule has 0 bridgehead atoms. The Hall–Kier alpha value is -2.12. The third-order valence-electron chi connectivity index (χ3n) is 5.28. The Bertz CT molecular complexity index is 629. The van der Waals surface area contributed by atoms with Crippen molar-refractivity contribution in [1.29, 1.82) is 0 Å². The Labute approximate surface area is 161 Å². The maximum Gasteiger partial charge on any atom is 0.225 e. The highest BCUT2D eigenvalue weighted by atomic mass is 16.5. The van der Waals surface area contributed by atoms with Crippen molar-refractivity contribution in [3.8, 4) is 5.75 Å². The molecule has 2 fully saturated rings. The zero-order valence-electron chi connectivity index (χ0n) is 16.1. The summed E-state index contributed by atoms with van der Waals surface area (Å²) in [5.74, 6) is 0.604. The second kappa shape index (κ2) is 9.71. The zero-order chi connectivity index (χ0) is 19.1. The van der Waals surface area contributed by atoms with Crippen LogP contribution in [0.1, 0.15) is 18.4 Å². The molecule has 1 aromatic carbocycles. The van der Waals surface area contributed by atoms with Gasteiger partial charge in [-0.1, -0.05) is 12.1 Å². The molecule has 7 heteroatoms. The number of rotatable bonds is 8. The molecule has 2 amide bonds. The number of likely N-dealkylation sites (tertiary alicyclic amines) is 1. The van der Waals surface area contributed by atoms with Crippen LogP contribution in [0.4, 0.5) is 0 Å². The van der Waals surface area contributed by atoms with Crippen molar-refractivity contribution >= 4 is 11.8 Å². The highest BCUT2D eigenvalue weighted by molar-refractivity contribution is 5.89. The van der Waals surface area contributed by atoms with E-state index in [0.717, 1.165) is 50.5 Å². The lowest BCUT2D eigenvalue weighted by Crippen LogP contribution is -2.44. The second-order valence-corrected chi connectivity index (χ2v) is 7.26. The molecule has 0 aliphatic carbocycles. The minimum absolute atomic E-state index is 0.000826. The second-order valence-electron chi connectivity index (χ2n) is 7.26. The summed E-state index contributed by atoms with van der Waals surface area (Å²) >= 11 is 0. The SMILES string of the molecule is COc1ccc(CN2CC(C(=O)NCCCN3CCNCC3)CC2=O)cc1. The number of benzene rings is 1. The van der Waals surface area contributed by atoms with Gasteiger partial charge in [0.1, 0.15) is 5.75 Å². The first-order chi connectivity index (χ1) is 13.2. The van der Waals surface area contributed by atoms with Crippen LogP contribution in [0.25, 0.3) is 0 Å². The zero-order valence-corrected chi connectivity index (χ0v) is 16.1. The summed E-state index contributed by atoms with van der Waals surface area (Å²) in [6.45, 7) is 6.95. The number of piperazine rings is 1. The van der Waals surface area contributed by atoms with Crippen LogP contribution in [0.3, 0.4) is 0 Å². The fourth-order valence-electron chi connectivity index (χ4n) is 3.65. The molecule has 148 valence electrons. The van der Waals surface area contributed by atoms with E-state index >= 15 is 0 Å². The lowest BCUT2D eigenvalue weighted by Gasteiger charge is -2.27. The molecule has 2 aliphatic rings. The van der Waals surface area contributed by atoms with Gasteiger partial charge in [0.25, 0.3) is 0 Å². The molecule has 2 saturated heterocycles. The van der Waals surface area contributed by atoms with Gasteiger partial charge in [0.05, 0.1) is 13.0 Å². The van der Waals surface area contributed by atoms with E-state index in [-0.39, 0.29) is 17.7 Å². The molecule has 1 unspecified atom stereocenters. The summed E-state index contributed by atoms with van der Waals surface area (Å²) in [7, 11) is 1.63. The lowest BCUT2D eigenvalue weighted by molar-refractivity contribution is -0.129. The lowest BCUT2D eigenvalue weighted by atomic mass is 10.1. The number of hydrogen-bond acceptors (Lipinski definition) is 5. The molecule has 7 nitrogen and oxygen atoms in total. The maximum atomic E-state index is 12.4. The van der Waals surface area contributed by atoms with Crippen LogP contribution in [-0.4, -0.2) is 74.5 Å². The number of hydrogen-bond donors (Lipinski definition) is 2. The molecular formula is C20H30N4O3.